The Hall–Kier alpha value is -3.39. The Kier molecular flexibility index (Phi) is 10.5. The summed E-state index contributed by atoms with van der Waals surface area (Å²) in [6, 6.07) is 7.58. The topological polar surface area (TPSA) is 92.8 Å². The molecule has 2 N–H and O–H groups in total. The van der Waals surface area contributed by atoms with Crippen LogP contribution in [0.2, 0.25) is 0 Å². The van der Waals surface area contributed by atoms with E-state index >= 15 is 0 Å². The molecule has 0 spiro atoms. The van der Waals surface area contributed by atoms with E-state index in [1.165, 1.54) is 6.08 Å². The number of amides is 2. The lowest BCUT2D eigenvalue weighted by molar-refractivity contribution is -0.125. The summed E-state index contributed by atoms with van der Waals surface area (Å²) in [7, 11) is 3.35. The molecule has 2 heterocycles. The fourth-order valence-electron chi connectivity index (χ4n) is 3.24. The highest BCUT2D eigenvalue weighted by Gasteiger charge is 2.16. The SMILES string of the molecule is CC.COc1cccc(CN(C)C(=O)/C=C/c2cnc3c(c2)CNCC(=O)N3)c1OCC(C)C. The molecule has 0 fully saturated rings. The van der Waals surface area contributed by atoms with Crippen molar-refractivity contribution in [3.8, 4) is 11.5 Å². The van der Waals surface area contributed by atoms with Gasteiger partial charge in [-0.05, 0) is 29.7 Å². The summed E-state index contributed by atoms with van der Waals surface area (Å²) in [5.74, 6) is 1.96. The van der Waals surface area contributed by atoms with Gasteiger partial charge in [0.05, 0.1) is 20.3 Å². The number of likely N-dealkylation sites (N-methyl/N-ethyl adjacent to an activating group) is 1. The molecule has 0 aliphatic carbocycles. The number of para-hydroxylation sites is 1. The number of pyridine rings is 1. The summed E-state index contributed by atoms with van der Waals surface area (Å²) >= 11 is 0. The van der Waals surface area contributed by atoms with Crippen LogP contribution in [0.3, 0.4) is 0 Å². The van der Waals surface area contributed by atoms with Crippen molar-refractivity contribution in [2.45, 2.75) is 40.8 Å². The average Bonchev–Trinajstić information content (AvgIpc) is 3.02. The molecule has 2 aromatic rings. The number of carbonyl (C=O) groups excluding carboxylic acids is 2. The van der Waals surface area contributed by atoms with Crippen LogP contribution in [0.5, 0.6) is 11.5 Å². The molecule has 8 heteroatoms. The second kappa shape index (κ2) is 13.3. The first kappa shape index (κ1) is 26.9. The lowest BCUT2D eigenvalue weighted by atomic mass is 10.1. The second-order valence-corrected chi connectivity index (χ2v) is 8.11. The van der Waals surface area contributed by atoms with Crippen molar-refractivity contribution in [2.24, 2.45) is 5.92 Å². The first-order valence-electron chi connectivity index (χ1n) is 11.6. The van der Waals surface area contributed by atoms with Crippen LogP contribution >= 0.6 is 0 Å². The highest BCUT2D eigenvalue weighted by atomic mass is 16.5. The van der Waals surface area contributed by atoms with Gasteiger partial charge in [-0.2, -0.15) is 0 Å². The third kappa shape index (κ3) is 7.59. The van der Waals surface area contributed by atoms with Gasteiger partial charge in [0, 0.05) is 43.5 Å². The van der Waals surface area contributed by atoms with Gasteiger partial charge in [0.25, 0.3) is 0 Å². The van der Waals surface area contributed by atoms with E-state index in [0.717, 1.165) is 16.7 Å². The van der Waals surface area contributed by atoms with Gasteiger partial charge >= 0.3 is 0 Å². The van der Waals surface area contributed by atoms with E-state index < -0.39 is 0 Å². The summed E-state index contributed by atoms with van der Waals surface area (Å²) in [4.78, 5) is 30.3. The van der Waals surface area contributed by atoms with Crippen LogP contribution in [0.15, 0.2) is 36.5 Å². The first-order valence-corrected chi connectivity index (χ1v) is 11.6. The molecule has 1 aromatic carbocycles. The maximum atomic E-state index is 12.7. The molecule has 1 aromatic heterocycles. The fraction of sp³-hybridized carbons (Fsp3) is 0.423. The minimum Gasteiger partial charge on any atom is -0.493 e. The molecule has 2 amide bonds. The molecule has 0 bridgehead atoms. The molecule has 34 heavy (non-hydrogen) atoms. The van der Waals surface area contributed by atoms with Gasteiger partial charge in [-0.25, -0.2) is 4.98 Å². The molecule has 0 radical (unpaired) electrons. The Morgan fingerprint density at radius 2 is 2.03 bits per heavy atom. The minimum atomic E-state index is -0.149. The van der Waals surface area contributed by atoms with Crippen molar-refractivity contribution in [1.29, 1.82) is 0 Å². The number of nitrogens with zero attached hydrogens (tertiary/aromatic N) is 2. The quantitative estimate of drug-likeness (QED) is 0.572. The molecule has 0 unspecified atom stereocenters. The van der Waals surface area contributed by atoms with Gasteiger partial charge in [-0.1, -0.05) is 39.8 Å². The zero-order valence-corrected chi connectivity index (χ0v) is 21.0. The number of fused-ring (bicyclic) bond motifs is 1. The van der Waals surface area contributed by atoms with Crippen molar-refractivity contribution in [3.05, 3.63) is 53.2 Å². The van der Waals surface area contributed by atoms with Crippen molar-refractivity contribution in [2.75, 3.05) is 32.6 Å². The van der Waals surface area contributed by atoms with Gasteiger partial charge in [-0.3, -0.25) is 9.59 Å². The van der Waals surface area contributed by atoms with E-state index in [-0.39, 0.29) is 18.4 Å². The van der Waals surface area contributed by atoms with Crippen LogP contribution < -0.4 is 20.1 Å². The molecule has 3 rings (SSSR count). The van der Waals surface area contributed by atoms with Crippen LogP contribution in [0.4, 0.5) is 5.82 Å². The van der Waals surface area contributed by atoms with Gasteiger partial charge in [0.2, 0.25) is 11.8 Å². The molecule has 1 aliphatic heterocycles. The van der Waals surface area contributed by atoms with Crippen LogP contribution in [0.1, 0.15) is 44.4 Å². The number of benzene rings is 1. The Morgan fingerprint density at radius 3 is 2.74 bits per heavy atom. The van der Waals surface area contributed by atoms with Gasteiger partial charge in [-0.15, -0.1) is 0 Å². The molecule has 0 atom stereocenters. The fourth-order valence-corrected chi connectivity index (χ4v) is 3.24. The van der Waals surface area contributed by atoms with Crippen LogP contribution in [0, 0.1) is 5.92 Å². The zero-order valence-electron chi connectivity index (χ0n) is 21.0. The van der Waals surface area contributed by atoms with Crippen LogP contribution in [0.25, 0.3) is 6.08 Å². The van der Waals surface area contributed by atoms with Gasteiger partial charge in [0.15, 0.2) is 11.5 Å². The summed E-state index contributed by atoms with van der Waals surface area (Å²) in [5, 5.41) is 5.81. The number of carbonyl (C=O) groups is 2. The number of nitrogens with one attached hydrogen (secondary N) is 2. The molecule has 0 saturated carbocycles. The number of ether oxygens (including phenoxy) is 2. The predicted octanol–water partition coefficient (Wildman–Crippen LogP) is 3.86. The van der Waals surface area contributed by atoms with E-state index in [2.05, 4.69) is 29.5 Å². The van der Waals surface area contributed by atoms with Crippen molar-refractivity contribution < 1.29 is 19.1 Å². The molecule has 0 saturated heterocycles. The number of hydrogen-bond acceptors (Lipinski definition) is 6. The molecule has 1 aliphatic rings. The average molecular weight is 469 g/mol. The Morgan fingerprint density at radius 1 is 1.26 bits per heavy atom. The smallest absolute Gasteiger partial charge is 0.246 e. The van der Waals surface area contributed by atoms with Crippen LogP contribution in [-0.2, 0) is 22.7 Å². The van der Waals surface area contributed by atoms with E-state index in [1.54, 1.807) is 31.3 Å². The van der Waals surface area contributed by atoms with Gasteiger partial charge < -0.3 is 25.0 Å². The molecule has 8 nitrogen and oxygen atoms in total. The number of methoxy groups -OCH3 is 1. The van der Waals surface area contributed by atoms with Crippen LogP contribution in [-0.4, -0.2) is 49.0 Å². The lowest BCUT2D eigenvalue weighted by Crippen LogP contribution is -2.24. The molecule has 184 valence electrons. The van der Waals surface area contributed by atoms with Crippen molar-refractivity contribution >= 4 is 23.7 Å². The summed E-state index contributed by atoms with van der Waals surface area (Å²) in [5.41, 5.74) is 2.54. The maximum absolute atomic E-state index is 12.7. The second-order valence-electron chi connectivity index (χ2n) is 8.11. The van der Waals surface area contributed by atoms with E-state index in [4.69, 9.17) is 9.47 Å². The third-order valence-electron chi connectivity index (χ3n) is 4.89. The summed E-state index contributed by atoms with van der Waals surface area (Å²) in [6.07, 6.45) is 4.87. The Bertz CT molecular complexity index is 1000. The number of hydrogen-bond donors (Lipinski definition) is 2. The number of aromatic nitrogens is 1. The zero-order chi connectivity index (χ0) is 25.1. The number of anilines is 1. The molecular weight excluding hydrogens is 432 g/mol. The largest absolute Gasteiger partial charge is 0.493 e. The highest BCUT2D eigenvalue weighted by Crippen LogP contribution is 2.32. The van der Waals surface area contributed by atoms with Gasteiger partial charge in [0.1, 0.15) is 5.82 Å². The summed E-state index contributed by atoms with van der Waals surface area (Å²) < 4.78 is 11.4. The Labute approximate surface area is 202 Å². The first-order chi connectivity index (χ1) is 16.4. The third-order valence-corrected chi connectivity index (χ3v) is 4.89. The standard InChI is InChI=1S/C24H30N4O4.C2H6/c1-16(2)15-32-23-18(6-5-7-20(23)31-4)14-28(3)22(30)9-8-17-10-19-12-25-13-21(29)27-24(19)26-11-17;1-2/h5-11,16,25H,12-15H2,1-4H3,(H,26,27,29);1-2H3/b9-8+;. The van der Waals surface area contributed by atoms with Crippen molar-refractivity contribution in [3.63, 3.8) is 0 Å². The monoisotopic (exact) mass is 468 g/mol. The van der Waals surface area contributed by atoms with E-state index in [9.17, 15) is 9.59 Å². The minimum absolute atomic E-state index is 0.120. The van der Waals surface area contributed by atoms with Crippen molar-refractivity contribution in [1.82, 2.24) is 15.2 Å². The maximum Gasteiger partial charge on any atom is 0.246 e. The van der Waals surface area contributed by atoms with E-state index in [0.29, 0.717) is 42.9 Å². The number of rotatable bonds is 8. The lowest BCUT2D eigenvalue weighted by Gasteiger charge is -2.20. The summed E-state index contributed by atoms with van der Waals surface area (Å²) in [6.45, 7) is 9.88. The van der Waals surface area contributed by atoms with E-state index in [1.807, 2.05) is 38.1 Å². The Balaban J connectivity index is 0.00000199. The highest BCUT2D eigenvalue weighted by molar-refractivity contribution is 5.93. The normalized spacial score (nSPS) is 12.9. The molecular formula is C26H36N4O4. The predicted molar refractivity (Wildman–Crippen MR) is 135 cm³/mol.